The molecule has 8 nitrogen and oxygen atoms in total. The van der Waals surface area contributed by atoms with Crippen LogP contribution in [0.5, 0.6) is 0 Å². The molecular formula is C11H16O8. The molecule has 8 heteroatoms. The van der Waals surface area contributed by atoms with Crippen molar-refractivity contribution >= 4 is 17.9 Å². The summed E-state index contributed by atoms with van der Waals surface area (Å²) in [7, 11) is 0. The lowest BCUT2D eigenvalue weighted by Crippen LogP contribution is -2.41. The molecule has 19 heavy (non-hydrogen) atoms. The van der Waals surface area contributed by atoms with Gasteiger partial charge in [-0.1, -0.05) is 0 Å². The van der Waals surface area contributed by atoms with Crippen LogP contribution in [0.4, 0.5) is 0 Å². The Labute approximate surface area is 109 Å². The highest BCUT2D eigenvalue weighted by Gasteiger charge is 2.48. The van der Waals surface area contributed by atoms with E-state index in [2.05, 4.69) is 0 Å². The summed E-state index contributed by atoms with van der Waals surface area (Å²) in [4.78, 5) is 32.7. The molecule has 1 heterocycles. The first-order chi connectivity index (χ1) is 8.81. The van der Waals surface area contributed by atoms with E-state index in [4.69, 9.17) is 18.9 Å². The number of aliphatic hydroxyl groups is 1. The summed E-state index contributed by atoms with van der Waals surface area (Å²) in [5, 5.41) is 9.63. The lowest BCUT2D eigenvalue weighted by molar-refractivity contribution is -0.174. The van der Waals surface area contributed by atoms with E-state index in [-0.39, 0.29) is 6.61 Å². The SMILES string of the molecule is CC(=O)OC[C@@H]1OC(O)[C@H](OC(C)=O)[C@H]1OC(C)=O. The van der Waals surface area contributed by atoms with Crippen LogP contribution in [0.3, 0.4) is 0 Å². The summed E-state index contributed by atoms with van der Waals surface area (Å²) in [5.41, 5.74) is 0. The third-order valence-corrected chi connectivity index (χ3v) is 2.34. The number of carbonyl (C=O) groups excluding carboxylic acids is 3. The van der Waals surface area contributed by atoms with Gasteiger partial charge in [-0.3, -0.25) is 14.4 Å². The molecule has 0 bridgehead atoms. The van der Waals surface area contributed by atoms with Crippen LogP contribution in [0, 0.1) is 0 Å². The Bertz CT molecular complexity index is 366. The van der Waals surface area contributed by atoms with Gasteiger partial charge in [-0.05, 0) is 0 Å². The van der Waals surface area contributed by atoms with Gasteiger partial charge in [0, 0.05) is 20.8 Å². The molecule has 0 saturated carbocycles. The van der Waals surface area contributed by atoms with Crippen LogP contribution in [0.2, 0.25) is 0 Å². The Morgan fingerprint density at radius 2 is 1.53 bits per heavy atom. The Balaban J connectivity index is 2.76. The van der Waals surface area contributed by atoms with Crippen molar-refractivity contribution in [3.05, 3.63) is 0 Å². The molecule has 0 spiro atoms. The van der Waals surface area contributed by atoms with E-state index in [9.17, 15) is 19.5 Å². The van der Waals surface area contributed by atoms with Gasteiger partial charge < -0.3 is 24.1 Å². The number of aliphatic hydroxyl groups excluding tert-OH is 1. The van der Waals surface area contributed by atoms with Crippen LogP contribution in [0.15, 0.2) is 0 Å². The Morgan fingerprint density at radius 1 is 1.00 bits per heavy atom. The van der Waals surface area contributed by atoms with Crippen LogP contribution < -0.4 is 0 Å². The van der Waals surface area contributed by atoms with Gasteiger partial charge in [-0.2, -0.15) is 0 Å². The van der Waals surface area contributed by atoms with Gasteiger partial charge in [0.25, 0.3) is 0 Å². The van der Waals surface area contributed by atoms with Crippen LogP contribution >= 0.6 is 0 Å². The molecule has 1 rings (SSSR count). The lowest BCUT2D eigenvalue weighted by Gasteiger charge is -2.21. The number of hydrogen-bond acceptors (Lipinski definition) is 8. The van der Waals surface area contributed by atoms with Crippen molar-refractivity contribution in [3.8, 4) is 0 Å². The fourth-order valence-electron chi connectivity index (χ4n) is 1.69. The maximum atomic E-state index is 11.0. The fraction of sp³-hybridized carbons (Fsp3) is 0.727. The molecule has 1 saturated heterocycles. The highest BCUT2D eigenvalue weighted by atomic mass is 16.7. The van der Waals surface area contributed by atoms with E-state index in [1.807, 2.05) is 0 Å². The minimum atomic E-state index is -1.45. The second-order valence-corrected chi connectivity index (χ2v) is 4.02. The highest BCUT2D eigenvalue weighted by Crippen LogP contribution is 2.26. The van der Waals surface area contributed by atoms with Crippen molar-refractivity contribution in [2.45, 2.75) is 45.4 Å². The van der Waals surface area contributed by atoms with Crippen molar-refractivity contribution in [1.29, 1.82) is 0 Å². The standard InChI is InChI=1S/C11H16O8/c1-5(12)16-4-8-9(17-6(2)13)10(11(15)19-8)18-7(3)14/h8-11,15H,4H2,1-3H3/t8-,9-,10+,11?/m0/s1. The number of carbonyl (C=O) groups is 3. The van der Waals surface area contributed by atoms with Gasteiger partial charge in [0.1, 0.15) is 12.7 Å². The zero-order chi connectivity index (χ0) is 14.6. The number of ether oxygens (including phenoxy) is 4. The average Bonchev–Trinajstić information content (AvgIpc) is 2.53. The molecule has 1 N–H and O–H groups in total. The molecule has 108 valence electrons. The number of hydrogen-bond donors (Lipinski definition) is 1. The summed E-state index contributed by atoms with van der Waals surface area (Å²) in [6, 6.07) is 0. The Morgan fingerprint density at radius 3 is 2.00 bits per heavy atom. The molecule has 0 aliphatic carbocycles. The molecule has 1 aliphatic rings. The van der Waals surface area contributed by atoms with Crippen molar-refractivity contribution in [1.82, 2.24) is 0 Å². The fourth-order valence-corrected chi connectivity index (χ4v) is 1.69. The zero-order valence-electron chi connectivity index (χ0n) is 10.8. The monoisotopic (exact) mass is 276 g/mol. The maximum Gasteiger partial charge on any atom is 0.303 e. The highest BCUT2D eigenvalue weighted by molar-refractivity contribution is 5.67. The molecule has 4 atom stereocenters. The lowest BCUT2D eigenvalue weighted by atomic mass is 10.1. The van der Waals surface area contributed by atoms with Crippen molar-refractivity contribution in [2.24, 2.45) is 0 Å². The van der Waals surface area contributed by atoms with Crippen molar-refractivity contribution in [2.75, 3.05) is 6.61 Å². The topological polar surface area (TPSA) is 108 Å². The maximum absolute atomic E-state index is 11.0. The van der Waals surface area contributed by atoms with Gasteiger partial charge in [0.2, 0.25) is 0 Å². The summed E-state index contributed by atoms with van der Waals surface area (Å²) < 4.78 is 19.6. The molecule has 0 radical (unpaired) electrons. The summed E-state index contributed by atoms with van der Waals surface area (Å²) in [6.45, 7) is 3.30. The molecular weight excluding hydrogens is 260 g/mol. The second-order valence-electron chi connectivity index (χ2n) is 4.02. The summed E-state index contributed by atoms with van der Waals surface area (Å²) in [5.74, 6) is -1.83. The molecule has 1 fully saturated rings. The predicted molar refractivity (Wildman–Crippen MR) is 58.6 cm³/mol. The first-order valence-electron chi connectivity index (χ1n) is 5.62. The minimum absolute atomic E-state index is 0.220. The smallest absolute Gasteiger partial charge is 0.303 e. The third-order valence-electron chi connectivity index (χ3n) is 2.34. The Kier molecular flexibility index (Phi) is 5.25. The Hall–Kier alpha value is -1.67. The van der Waals surface area contributed by atoms with E-state index >= 15 is 0 Å². The molecule has 0 aromatic carbocycles. The summed E-state index contributed by atoms with van der Waals surface area (Å²) >= 11 is 0. The predicted octanol–water partition coefficient (Wildman–Crippen LogP) is -0.870. The van der Waals surface area contributed by atoms with E-state index in [0.29, 0.717) is 0 Å². The normalized spacial score (nSPS) is 29.7. The van der Waals surface area contributed by atoms with Gasteiger partial charge in [-0.15, -0.1) is 0 Å². The second kappa shape index (κ2) is 6.48. The van der Waals surface area contributed by atoms with Crippen LogP contribution in [0.25, 0.3) is 0 Å². The van der Waals surface area contributed by atoms with Crippen molar-refractivity contribution < 1.29 is 38.4 Å². The first-order valence-corrected chi connectivity index (χ1v) is 5.62. The zero-order valence-corrected chi connectivity index (χ0v) is 10.8. The third kappa shape index (κ3) is 4.49. The van der Waals surface area contributed by atoms with Gasteiger partial charge in [0.05, 0.1) is 0 Å². The van der Waals surface area contributed by atoms with E-state index in [1.54, 1.807) is 0 Å². The first kappa shape index (κ1) is 15.4. The van der Waals surface area contributed by atoms with E-state index in [1.165, 1.54) is 13.8 Å². The largest absolute Gasteiger partial charge is 0.463 e. The van der Waals surface area contributed by atoms with Gasteiger partial charge >= 0.3 is 17.9 Å². The van der Waals surface area contributed by atoms with Crippen LogP contribution in [0.1, 0.15) is 20.8 Å². The van der Waals surface area contributed by atoms with Gasteiger partial charge in [0.15, 0.2) is 18.5 Å². The van der Waals surface area contributed by atoms with Crippen molar-refractivity contribution in [3.63, 3.8) is 0 Å². The molecule has 0 aromatic heterocycles. The minimum Gasteiger partial charge on any atom is -0.463 e. The number of esters is 3. The molecule has 1 aliphatic heterocycles. The quantitative estimate of drug-likeness (QED) is 0.521. The number of rotatable bonds is 4. The van der Waals surface area contributed by atoms with Gasteiger partial charge in [-0.25, -0.2) is 0 Å². The molecule has 1 unspecified atom stereocenters. The van der Waals surface area contributed by atoms with E-state index < -0.39 is 42.5 Å². The van der Waals surface area contributed by atoms with Crippen LogP contribution in [-0.4, -0.2) is 54.2 Å². The molecule has 0 amide bonds. The van der Waals surface area contributed by atoms with Crippen LogP contribution in [-0.2, 0) is 33.3 Å². The summed E-state index contributed by atoms with van der Waals surface area (Å²) in [6.07, 6.45) is -4.53. The van der Waals surface area contributed by atoms with E-state index in [0.717, 1.165) is 6.92 Å². The molecule has 0 aromatic rings. The average molecular weight is 276 g/mol.